The molecule has 1 aromatic carbocycles. The first-order valence-electron chi connectivity index (χ1n) is 5.65. The van der Waals surface area contributed by atoms with Crippen molar-refractivity contribution >= 4 is 22.9 Å². The van der Waals surface area contributed by atoms with Crippen molar-refractivity contribution in [1.29, 1.82) is 0 Å². The quantitative estimate of drug-likeness (QED) is 0.878. The Kier molecular flexibility index (Phi) is 3.87. The Morgan fingerprint density at radius 2 is 1.94 bits per heavy atom. The van der Waals surface area contributed by atoms with Gasteiger partial charge in [0, 0.05) is 6.42 Å². The molecule has 0 radical (unpaired) electrons. The van der Waals surface area contributed by atoms with Gasteiger partial charge in [0.1, 0.15) is 5.60 Å². The fourth-order valence-corrected chi connectivity index (χ4v) is 3.33. The van der Waals surface area contributed by atoms with E-state index in [1.165, 1.54) is 11.3 Å². The van der Waals surface area contributed by atoms with E-state index in [1.54, 1.807) is 0 Å². The molecule has 0 fully saturated rings. The Labute approximate surface area is 111 Å². The SMILES string of the molecule is CCC(O)(Cc1ccccc1)c1sccc1Cl. The topological polar surface area (TPSA) is 20.2 Å². The summed E-state index contributed by atoms with van der Waals surface area (Å²) in [5.74, 6) is 0. The van der Waals surface area contributed by atoms with Crippen molar-refractivity contribution < 1.29 is 5.11 Å². The van der Waals surface area contributed by atoms with Gasteiger partial charge in [0.05, 0.1) is 9.90 Å². The zero-order chi connectivity index (χ0) is 12.3. The van der Waals surface area contributed by atoms with Crippen LogP contribution in [0.15, 0.2) is 41.8 Å². The predicted octanol–water partition coefficient (Wildman–Crippen LogP) is 4.24. The highest BCUT2D eigenvalue weighted by atomic mass is 35.5. The van der Waals surface area contributed by atoms with Gasteiger partial charge >= 0.3 is 0 Å². The summed E-state index contributed by atoms with van der Waals surface area (Å²) in [4.78, 5) is 0.866. The lowest BCUT2D eigenvalue weighted by Gasteiger charge is -2.26. The highest BCUT2D eigenvalue weighted by molar-refractivity contribution is 7.10. The van der Waals surface area contributed by atoms with Crippen LogP contribution in [0.3, 0.4) is 0 Å². The van der Waals surface area contributed by atoms with Gasteiger partial charge in [-0.25, -0.2) is 0 Å². The van der Waals surface area contributed by atoms with E-state index in [0.29, 0.717) is 17.9 Å². The molecule has 0 aliphatic carbocycles. The van der Waals surface area contributed by atoms with Crippen LogP contribution in [0.25, 0.3) is 0 Å². The minimum Gasteiger partial charge on any atom is -0.384 e. The normalized spacial score (nSPS) is 14.5. The van der Waals surface area contributed by atoms with Crippen molar-refractivity contribution in [3.63, 3.8) is 0 Å². The average molecular weight is 267 g/mol. The van der Waals surface area contributed by atoms with Crippen molar-refractivity contribution in [2.45, 2.75) is 25.4 Å². The molecule has 0 bridgehead atoms. The molecular formula is C14H15ClOS. The number of hydrogen-bond acceptors (Lipinski definition) is 2. The molecular weight excluding hydrogens is 252 g/mol. The maximum Gasteiger partial charge on any atom is 0.104 e. The highest BCUT2D eigenvalue weighted by Gasteiger charge is 2.30. The van der Waals surface area contributed by atoms with Crippen molar-refractivity contribution in [2.75, 3.05) is 0 Å². The van der Waals surface area contributed by atoms with Crippen molar-refractivity contribution in [3.05, 3.63) is 57.2 Å². The molecule has 1 aromatic heterocycles. The van der Waals surface area contributed by atoms with Crippen LogP contribution in [-0.2, 0) is 12.0 Å². The van der Waals surface area contributed by atoms with E-state index in [1.807, 2.05) is 48.7 Å². The van der Waals surface area contributed by atoms with E-state index in [2.05, 4.69) is 0 Å². The maximum absolute atomic E-state index is 10.7. The first-order chi connectivity index (χ1) is 8.15. The van der Waals surface area contributed by atoms with Gasteiger partial charge < -0.3 is 5.11 Å². The lowest BCUT2D eigenvalue weighted by atomic mass is 9.90. The summed E-state index contributed by atoms with van der Waals surface area (Å²) in [6, 6.07) is 11.9. The molecule has 2 rings (SSSR count). The number of thiophene rings is 1. The molecule has 0 amide bonds. The third kappa shape index (κ3) is 2.71. The minimum absolute atomic E-state index is 0.602. The monoisotopic (exact) mass is 266 g/mol. The zero-order valence-corrected chi connectivity index (χ0v) is 11.3. The molecule has 0 aliphatic heterocycles. The molecule has 1 atom stereocenters. The molecule has 3 heteroatoms. The number of hydrogen-bond donors (Lipinski definition) is 1. The maximum atomic E-state index is 10.7. The summed E-state index contributed by atoms with van der Waals surface area (Å²) in [5.41, 5.74) is 0.272. The third-order valence-corrected chi connectivity index (χ3v) is 4.50. The number of halogens is 1. The van der Waals surface area contributed by atoms with Crippen LogP contribution in [0.1, 0.15) is 23.8 Å². The predicted molar refractivity (Wildman–Crippen MR) is 73.7 cm³/mol. The molecule has 1 heterocycles. The van der Waals surface area contributed by atoms with Gasteiger partial charge in [-0.3, -0.25) is 0 Å². The second kappa shape index (κ2) is 5.21. The Balaban J connectivity index is 2.30. The van der Waals surface area contributed by atoms with Crippen LogP contribution >= 0.6 is 22.9 Å². The summed E-state index contributed by atoms with van der Waals surface area (Å²) in [7, 11) is 0. The van der Waals surface area contributed by atoms with E-state index < -0.39 is 5.60 Å². The van der Waals surface area contributed by atoms with Gasteiger partial charge in [-0.05, 0) is 23.4 Å². The highest BCUT2D eigenvalue weighted by Crippen LogP contribution is 2.37. The van der Waals surface area contributed by atoms with Crippen LogP contribution in [-0.4, -0.2) is 5.11 Å². The Bertz CT molecular complexity index is 480. The van der Waals surface area contributed by atoms with Crippen LogP contribution in [0.2, 0.25) is 5.02 Å². The van der Waals surface area contributed by atoms with Crippen LogP contribution in [0.4, 0.5) is 0 Å². The fourth-order valence-electron chi connectivity index (χ4n) is 1.93. The zero-order valence-electron chi connectivity index (χ0n) is 9.69. The second-order valence-corrected chi connectivity index (χ2v) is 5.47. The lowest BCUT2D eigenvalue weighted by Crippen LogP contribution is -2.26. The molecule has 1 N–H and O–H groups in total. The Morgan fingerprint density at radius 1 is 1.24 bits per heavy atom. The van der Waals surface area contributed by atoms with Crippen LogP contribution in [0.5, 0.6) is 0 Å². The summed E-state index contributed by atoms with van der Waals surface area (Å²) in [5, 5.41) is 13.3. The lowest BCUT2D eigenvalue weighted by molar-refractivity contribution is 0.0366. The van der Waals surface area contributed by atoms with Gasteiger partial charge in [0.15, 0.2) is 0 Å². The third-order valence-electron chi connectivity index (χ3n) is 2.96. The Hall–Kier alpha value is -0.830. The standard InChI is InChI=1S/C14H15ClOS/c1-2-14(16,13-12(15)8-9-17-13)10-11-6-4-3-5-7-11/h3-9,16H,2,10H2,1H3. The van der Waals surface area contributed by atoms with Crippen molar-refractivity contribution in [3.8, 4) is 0 Å². The summed E-state index contributed by atoms with van der Waals surface area (Å²) in [6.45, 7) is 1.99. The van der Waals surface area contributed by atoms with E-state index in [-0.39, 0.29) is 0 Å². The average Bonchev–Trinajstić information content (AvgIpc) is 2.77. The van der Waals surface area contributed by atoms with E-state index in [4.69, 9.17) is 11.6 Å². The first kappa shape index (κ1) is 12.6. The molecule has 1 unspecified atom stereocenters. The van der Waals surface area contributed by atoms with Crippen molar-refractivity contribution in [2.24, 2.45) is 0 Å². The van der Waals surface area contributed by atoms with Gasteiger partial charge in [-0.15, -0.1) is 11.3 Å². The number of aliphatic hydroxyl groups is 1. The van der Waals surface area contributed by atoms with E-state index in [0.717, 1.165) is 10.4 Å². The molecule has 0 saturated heterocycles. The van der Waals surface area contributed by atoms with Gasteiger partial charge in [0.2, 0.25) is 0 Å². The van der Waals surface area contributed by atoms with Crippen LogP contribution < -0.4 is 0 Å². The number of rotatable bonds is 4. The van der Waals surface area contributed by atoms with E-state index in [9.17, 15) is 5.11 Å². The molecule has 2 aromatic rings. The van der Waals surface area contributed by atoms with Gasteiger partial charge in [-0.2, -0.15) is 0 Å². The first-order valence-corrected chi connectivity index (χ1v) is 6.91. The summed E-state index contributed by atoms with van der Waals surface area (Å²) < 4.78 is 0. The molecule has 0 saturated carbocycles. The van der Waals surface area contributed by atoms with Gasteiger partial charge in [-0.1, -0.05) is 48.9 Å². The molecule has 90 valence electrons. The number of benzene rings is 1. The van der Waals surface area contributed by atoms with Crippen LogP contribution in [0, 0.1) is 0 Å². The van der Waals surface area contributed by atoms with E-state index >= 15 is 0 Å². The summed E-state index contributed by atoms with van der Waals surface area (Å²) >= 11 is 7.64. The van der Waals surface area contributed by atoms with Gasteiger partial charge in [0.25, 0.3) is 0 Å². The minimum atomic E-state index is -0.855. The molecule has 0 spiro atoms. The summed E-state index contributed by atoms with van der Waals surface area (Å²) in [6.07, 6.45) is 1.26. The fraction of sp³-hybridized carbons (Fsp3) is 0.286. The molecule has 1 nitrogen and oxygen atoms in total. The largest absolute Gasteiger partial charge is 0.384 e. The molecule has 0 aliphatic rings. The molecule has 17 heavy (non-hydrogen) atoms. The second-order valence-electron chi connectivity index (χ2n) is 4.15. The van der Waals surface area contributed by atoms with Crippen molar-refractivity contribution in [1.82, 2.24) is 0 Å². The Morgan fingerprint density at radius 3 is 2.47 bits per heavy atom. The smallest absolute Gasteiger partial charge is 0.104 e.